The van der Waals surface area contributed by atoms with Gasteiger partial charge in [0.25, 0.3) is 5.91 Å². The Kier molecular flexibility index (Phi) is 7.17. The predicted molar refractivity (Wildman–Crippen MR) is 101 cm³/mol. The van der Waals surface area contributed by atoms with Crippen LogP contribution in [0.25, 0.3) is 0 Å². The summed E-state index contributed by atoms with van der Waals surface area (Å²) in [7, 11) is -3.57. The summed E-state index contributed by atoms with van der Waals surface area (Å²) in [4.78, 5) is 12.4. The van der Waals surface area contributed by atoms with Gasteiger partial charge in [0, 0.05) is 18.7 Å². The van der Waals surface area contributed by atoms with Crippen LogP contribution >= 0.6 is 0 Å². The second-order valence-corrected chi connectivity index (χ2v) is 7.97. The SMILES string of the molecule is CC(C)COc1cccc(C(=O)NCCNS(=O)(=O)c2ccccc2)c1. The highest BCUT2D eigenvalue weighted by atomic mass is 32.2. The fourth-order valence-corrected chi connectivity index (χ4v) is 3.19. The zero-order valence-corrected chi connectivity index (χ0v) is 15.8. The number of hydrogen-bond acceptors (Lipinski definition) is 4. The normalized spacial score (nSPS) is 11.3. The molecule has 0 saturated heterocycles. The third-order valence-electron chi connectivity index (χ3n) is 3.44. The third kappa shape index (κ3) is 6.16. The van der Waals surface area contributed by atoms with E-state index in [1.165, 1.54) is 12.1 Å². The smallest absolute Gasteiger partial charge is 0.251 e. The zero-order chi connectivity index (χ0) is 19.0. The van der Waals surface area contributed by atoms with Crippen LogP contribution in [0.4, 0.5) is 0 Å². The van der Waals surface area contributed by atoms with Crippen LogP contribution in [0.3, 0.4) is 0 Å². The maximum atomic E-state index is 12.2. The Bertz CT molecular complexity index is 820. The molecule has 0 spiro atoms. The molecule has 0 heterocycles. The van der Waals surface area contributed by atoms with Crippen molar-refractivity contribution in [1.82, 2.24) is 10.0 Å². The lowest BCUT2D eigenvalue weighted by atomic mass is 10.2. The van der Waals surface area contributed by atoms with E-state index in [0.29, 0.717) is 23.8 Å². The van der Waals surface area contributed by atoms with Crippen LogP contribution in [-0.4, -0.2) is 34.0 Å². The van der Waals surface area contributed by atoms with Crippen LogP contribution in [0.5, 0.6) is 5.75 Å². The number of carbonyl (C=O) groups is 1. The molecule has 0 aliphatic rings. The first kappa shape index (κ1) is 19.9. The van der Waals surface area contributed by atoms with Crippen LogP contribution in [0, 0.1) is 5.92 Å². The van der Waals surface area contributed by atoms with E-state index in [-0.39, 0.29) is 23.9 Å². The monoisotopic (exact) mass is 376 g/mol. The minimum Gasteiger partial charge on any atom is -0.493 e. The maximum absolute atomic E-state index is 12.2. The lowest BCUT2D eigenvalue weighted by Gasteiger charge is -2.11. The van der Waals surface area contributed by atoms with Gasteiger partial charge in [-0.3, -0.25) is 4.79 Å². The van der Waals surface area contributed by atoms with Crippen LogP contribution < -0.4 is 14.8 Å². The quantitative estimate of drug-likeness (QED) is 0.658. The Morgan fingerprint density at radius 2 is 1.77 bits per heavy atom. The van der Waals surface area contributed by atoms with Gasteiger partial charge in [0.1, 0.15) is 5.75 Å². The third-order valence-corrected chi connectivity index (χ3v) is 4.91. The van der Waals surface area contributed by atoms with E-state index in [2.05, 4.69) is 10.0 Å². The summed E-state index contributed by atoms with van der Waals surface area (Å²) in [5.74, 6) is 0.750. The summed E-state index contributed by atoms with van der Waals surface area (Å²) in [6.45, 7) is 4.96. The fourth-order valence-electron chi connectivity index (χ4n) is 2.14. The van der Waals surface area contributed by atoms with Gasteiger partial charge in [-0.25, -0.2) is 13.1 Å². The Morgan fingerprint density at radius 1 is 1.04 bits per heavy atom. The van der Waals surface area contributed by atoms with Crippen molar-refractivity contribution in [3.05, 3.63) is 60.2 Å². The Labute approximate surface area is 154 Å². The molecule has 2 N–H and O–H groups in total. The molecule has 7 heteroatoms. The molecule has 26 heavy (non-hydrogen) atoms. The van der Waals surface area contributed by atoms with Gasteiger partial charge < -0.3 is 10.1 Å². The molecule has 0 aromatic heterocycles. The summed E-state index contributed by atoms with van der Waals surface area (Å²) < 4.78 is 32.2. The van der Waals surface area contributed by atoms with E-state index < -0.39 is 10.0 Å². The molecular formula is C19H24N2O4S. The number of rotatable bonds is 9. The standard InChI is InChI=1S/C19H24N2O4S/c1-15(2)14-25-17-8-6-7-16(13-17)19(22)20-11-12-21-26(23,24)18-9-4-3-5-10-18/h3-10,13,15,21H,11-12,14H2,1-2H3,(H,20,22). The number of benzene rings is 2. The average molecular weight is 376 g/mol. The minimum absolute atomic E-state index is 0.104. The van der Waals surface area contributed by atoms with E-state index in [4.69, 9.17) is 4.74 Å². The molecule has 0 aliphatic heterocycles. The number of ether oxygens (including phenoxy) is 1. The minimum atomic E-state index is -3.57. The van der Waals surface area contributed by atoms with Crippen LogP contribution in [0.15, 0.2) is 59.5 Å². The Morgan fingerprint density at radius 3 is 2.46 bits per heavy atom. The first-order valence-electron chi connectivity index (χ1n) is 8.44. The Hall–Kier alpha value is -2.38. The van der Waals surface area contributed by atoms with Crippen molar-refractivity contribution in [2.75, 3.05) is 19.7 Å². The van der Waals surface area contributed by atoms with Gasteiger partial charge in [-0.15, -0.1) is 0 Å². The molecule has 0 saturated carbocycles. The van der Waals surface area contributed by atoms with Crippen LogP contribution in [0.1, 0.15) is 24.2 Å². The van der Waals surface area contributed by atoms with Gasteiger partial charge in [-0.2, -0.15) is 0 Å². The molecule has 0 atom stereocenters. The van der Waals surface area contributed by atoms with Crippen molar-refractivity contribution < 1.29 is 17.9 Å². The second-order valence-electron chi connectivity index (χ2n) is 6.20. The summed E-state index contributed by atoms with van der Waals surface area (Å²) in [5, 5.41) is 2.69. The molecule has 0 unspecified atom stereocenters. The van der Waals surface area contributed by atoms with E-state index in [1.54, 1.807) is 42.5 Å². The summed E-state index contributed by atoms with van der Waals surface area (Å²) in [6.07, 6.45) is 0. The van der Waals surface area contributed by atoms with Gasteiger partial charge >= 0.3 is 0 Å². The van der Waals surface area contributed by atoms with E-state index in [9.17, 15) is 13.2 Å². The average Bonchev–Trinajstić information content (AvgIpc) is 2.64. The molecule has 6 nitrogen and oxygen atoms in total. The van der Waals surface area contributed by atoms with Crippen molar-refractivity contribution in [3.63, 3.8) is 0 Å². The first-order chi connectivity index (χ1) is 12.4. The largest absolute Gasteiger partial charge is 0.493 e. The van der Waals surface area contributed by atoms with Gasteiger partial charge in [-0.05, 0) is 36.2 Å². The lowest BCUT2D eigenvalue weighted by molar-refractivity contribution is 0.0954. The van der Waals surface area contributed by atoms with Gasteiger partial charge in [-0.1, -0.05) is 38.1 Å². The highest BCUT2D eigenvalue weighted by Crippen LogP contribution is 2.14. The second kappa shape index (κ2) is 9.35. The number of carbonyl (C=O) groups excluding carboxylic acids is 1. The number of sulfonamides is 1. The van der Waals surface area contributed by atoms with Crippen molar-refractivity contribution >= 4 is 15.9 Å². The molecule has 0 bridgehead atoms. The summed E-state index contributed by atoms with van der Waals surface area (Å²) in [6, 6.07) is 15.0. The molecule has 2 aromatic carbocycles. The van der Waals surface area contributed by atoms with Gasteiger partial charge in [0.05, 0.1) is 11.5 Å². The van der Waals surface area contributed by atoms with E-state index in [1.807, 2.05) is 13.8 Å². The fraction of sp³-hybridized carbons (Fsp3) is 0.316. The van der Waals surface area contributed by atoms with Crippen molar-refractivity contribution in [3.8, 4) is 5.75 Å². The summed E-state index contributed by atoms with van der Waals surface area (Å²) >= 11 is 0. The molecule has 2 rings (SSSR count). The topological polar surface area (TPSA) is 84.5 Å². The van der Waals surface area contributed by atoms with Gasteiger partial charge in [0.2, 0.25) is 10.0 Å². The van der Waals surface area contributed by atoms with E-state index >= 15 is 0 Å². The number of hydrogen-bond donors (Lipinski definition) is 2. The molecule has 0 fully saturated rings. The first-order valence-corrected chi connectivity index (χ1v) is 9.92. The highest BCUT2D eigenvalue weighted by Gasteiger charge is 2.13. The zero-order valence-electron chi connectivity index (χ0n) is 14.9. The highest BCUT2D eigenvalue weighted by molar-refractivity contribution is 7.89. The molecular weight excluding hydrogens is 352 g/mol. The number of amides is 1. The van der Waals surface area contributed by atoms with Crippen LogP contribution in [-0.2, 0) is 10.0 Å². The van der Waals surface area contributed by atoms with Gasteiger partial charge in [0.15, 0.2) is 0 Å². The molecule has 0 radical (unpaired) electrons. The van der Waals surface area contributed by atoms with Crippen LogP contribution in [0.2, 0.25) is 0 Å². The molecule has 1 amide bonds. The molecule has 2 aromatic rings. The van der Waals surface area contributed by atoms with Crippen molar-refractivity contribution in [2.24, 2.45) is 5.92 Å². The Balaban J connectivity index is 1.83. The van der Waals surface area contributed by atoms with Crippen molar-refractivity contribution in [1.29, 1.82) is 0 Å². The maximum Gasteiger partial charge on any atom is 0.251 e. The lowest BCUT2D eigenvalue weighted by Crippen LogP contribution is -2.34. The molecule has 140 valence electrons. The summed E-state index contributed by atoms with van der Waals surface area (Å²) in [5.41, 5.74) is 0.470. The van der Waals surface area contributed by atoms with E-state index in [0.717, 1.165) is 0 Å². The van der Waals surface area contributed by atoms with Crippen molar-refractivity contribution in [2.45, 2.75) is 18.7 Å². The molecule has 0 aliphatic carbocycles. The number of nitrogens with one attached hydrogen (secondary N) is 2. The predicted octanol–water partition coefficient (Wildman–Crippen LogP) is 2.43.